The van der Waals surface area contributed by atoms with E-state index in [1.165, 1.54) is 35.9 Å². The number of hydrogen-bond donors (Lipinski definition) is 1. The Morgan fingerprint density at radius 2 is 1.85 bits per heavy atom. The molecule has 0 bridgehead atoms. The van der Waals surface area contributed by atoms with E-state index >= 15 is 0 Å². The van der Waals surface area contributed by atoms with Gasteiger partial charge in [0, 0.05) is 0 Å². The second-order valence-electron chi connectivity index (χ2n) is 6.64. The zero-order valence-electron chi connectivity index (χ0n) is 14.6. The van der Waals surface area contributed by atoms with Gasteiger partial charge >= 0.3 is 6.18 Å². The molecule has 3 nitrogen and oxygen atoms in total. The molecule has 5 rings (SSSR count). The predicted octanol–water partition coefficient (Wildman–Crippen LogP) is 5.71. The fourth-order valence-corrected chi connectivity index (χ4v) is 3.77. The third kappa shape index (κ3) is 3.52. The van der Waals surface area contributed by atoms with Gasteiger partial charge < -0.3 is 0 Å². The molecular weight excluding hydrogens is 351 g/mol. The van der Waals surface area contributed by atoms with Crippen LogP contribution in [-0.2, 0) is 12.6 Å². The van der Waals surface area contributed by atoms with Crippen molar-refractivity contribution in [1.29, 1.82) is 0 Å². The van der Waals surface area contributed by atoms with Crippen molar-refractivity contribution in [2.45, 2.75) is 31.9 Å². The summed E-state index contributed by atoms with van der Waals surface area (Å²) in [6, 6.07) is 8.07. The van der Waals surface area contributed by atoms with Gasteiger partial charge in [-0.1, -0.05) is 35.9 Å². The molecule has 2 aromatic carbocycles. The molecule has 0 spiro atoms. The molecule has 0 fully saturated rings. The molecule has 1 heterocycles. The highest BCUT2D eigenvalue weighted by molar-refractivity contribution is 5.94. The summed E-state index contributed by atoms with van der Waals surface area (Å²) in [6.07, 6.45) is 6.90. The molecule has 0 radical (unpaired) electrons. The van der Waals surface area contributed by atoms with E-state index in [9.17, 15) is 13.2 Å². The number of H-pyrrole nitrogens is 1. The Kier molecular flexibility index (Phi) is 4.56. The number of alkyl halides is 3. The van der Waals surface area contributed by atoms with Crippen molar-refractivity contribution in [3.8, 4) is 0 Å². The number of fused-ring (bicyclic) bond motifs is 4. The van der Waals surface area contributed by atoms with Gasteiger partial charge in [0.15, 0.2) is 0 Å². The van der Waals surface area contributed by atoms with Crippen LogP contribution in [0.3, 0.4) is 0 Å². The minimum atomic E-state index is -4.29. The first-order chi connectivity index (χ1) is 13.0. The van der Waals surface area contributed by atoms with Gasteiger partial charge in [-0.15, -0.1) is 0 Å². The van der Waals surface area contributed by atoms with Crippen LogP contribution in [0.5, 0.6) is 0 Å². The van der Waals surface area contributed by atoms with E-state index in [0.717, 1.165) is 47.6 Å². The predicted molar refractivity (Wildman–Crippen MR) is 98.9 cm³/mol. The third-order valence-electron chi connectivity index (χ3n) is 5.04. The number of aromatic amines is 1. The summed E-state index contributed by atoms with van der Waals surface area (Å²) in [5, 5.41) is 7.62. The molecule has 0 atom stereocenters. The van der Waals surface area contributed by atoms with Crippen molar-refractivity contribution in [2.24, 2.45) is 0 Å². The van der Waals surface area contributed by atoms with Gasteiger partial charge in [-0.25, -0.2) is 4.98 Å². The first kappa shape index (κ1) is 17.5. The minimum absolute atomic E-state index is 0.563. The van der Waals surface area contributed by atoms with Crippen molar-refractivity contribution >= 4 is 16.3 Å². The number of aryl methyl sites for hydroxylation is 1. The molecule has 0 saturated heterocycles. The highest BCUT2D eigenvalue weighted by Gasteiger charge is 2.31. The Balaban J connectivity index is 0.000000314. The highest BCUT2D eigenvalue weighted by atomic mass is 19.4. The zero-order chi connectivity index (χ0) is 18.9. The molecule has 0 unspecified atom stereocenters. The monoisotopic (exact) mass is 369 g/mol. The average Bonchev–Trinajstić information content (AvgIpc) is 3.26. The lowest BCUT2D eigenvalue weighted by atomic mass is 9.79. The summed E-state index contributed by atoms with van der Waals surface area (Å²) < 4.78 is 39.0. The smallest absolute Gasteiger partial charge is 0.266 e. The van der Waals surface area contributed by atoms with Crippen molar-refractivity contribution in [1.82, 2.24) is 15.2 Å². The van der Waals surface area contributed by atoms with E-state index in [1.807, 2.05) is 6.07 Å². The fourth-order valence-electron chi connectivity index (χ4n) is 3.77. The summed E-state index contributed by atoms with van der Waals surface area (Å²) >= 11 is 0. The number of halogens is 3. The highest BCUT2D eigenvalue weighted by Crippen LogP contribution is 2.41. The van der Waals surface area contributed by atoms with E-state index < -0.39 is 11.7 Å². The van der Waals surface area contributed by atoms with Crippen molar-refractivity contribution in [3.63, 3.8) is 0 Å². The summed E-state index contributed by atoms with van der Waals surface area (Å²) in [6.45, 7) is 0. The van der Waals surface area contributed by atoms with Crippen molar-refractivity contribution in [3.05, 3.63) is 77.4 Å². The normalized spacial score (nSPS) is 15.8. The summed E-state index contributed by atoms with van der Waals surface area (Å²) in [5.41, 5.74) is 4.29. The van der Waals surface area contributed by atoms with Gasteiger partial charge in [0.05, 0.1) is 5.56 Å². The van der Waals surface area contributed by atoms with Crippen LogP contribution in [0.25, 0.3) is 16.3 Å². The van der Waals surface area contributed by atoms with Gasteiger partial charge in [0.1, 0.15) is 12.7 Å². The molecule has 6 heteroatoms. The van der Waals surface area contributed by atoms with Gasteiger partial charge in [0.25, 0.3) is 0 Å². The molecule has 0 aliphatic heterocycles. The first-order valence-electron chi connectivity index (χ1n) is 8.84. The van der Waals surface area contributed by atoms with Crippen LogP contribution in [0.15, 0.2) is 60.7 Å². The molecule has 1 N–H and O–H groups in total. The van der Waals surface area contributed by atoms with Crippen LogP contribution in [0.2, 0.25) is 0 Å². The van der Waals surface area contributed by atoms with E-state index in [-0.39, 0.29) is 0 Å². The molecule has 0 amide bonds. The quantitative estimate of drug-likeness (QED) is 0.551. The first-order valence-corrected chi connectivity index (χ1v) is 8.84. The molecule has 138 valence electrons. The van der Waals surface area contributed by atoms with Crippen LogP contribution in [0, 0.1) is 0 Å². The molecule has 2 aliphatic rings. The minimum Gasteiger partial charge on any atom is -0.266 e. The Morgan fingerprint density at radius 1 is 1.00 bits per heavy atom. The van der Waals surface area contributed by atoms with Crippen molar-refractivity contribution < 1.29 is 13.2 Å². The maximum Gasteiger partial charge on any atom is 0.416 e. The fraction of sp³-hybridized carbons (Fsp3) is 0.238. The molecule has 1 aromatic heterocycles. The number of aromatic nitrogens is 3. The number of nitrogens with zero attached hydrogens (tertiary/aromatic N) is 2. The van der Waals surface area contributed by atoms with E-state index in [4.69, 9.17) is 0 Å². The standard InChI is InChI=1S/C19H15F3.C2H3N3/c20-19(21,22)14-8-5-13-7-9-16-15-4-2-1-3-12(15)6-10-17(16)18(13)11-14;1-3-2-5-4-1/h2,4-5,7-9,11H,1,3,6,10H2;1-2H,(H,3,4,5). The van der Waals surface area contributed by atoms with E-state index in [2.05, 4.69) is 33.4 Å². The number of nitrogens with one attached hydrogen (secondary N) is 1. The topological polar surface area (TPSA) is 41.6 Å². The number of allylic oxidation sites excluding steroid dienone is 4. The maximum atomic E-state index is 13.0. The largest absolute Gasteiger partial charge is 0.416 e. The van der Waals surface area contributed by atoms with Gasteiger partial charge in [-0.3, -0.25) is 5.10 Å². The third-order valence-corrected chi connectivity index (χ3v) is 5.04. The van der Waals surface area contributed by atoms with Gasteiger partial charge in [-0.2, -0.15) is 18.3 Å². The second-order valence-corrected chi connectivity index (χ2v) is 6.64. The van der Waals surface area contributed by atoms with Crippen LogP contribution >= 0.6 is 0 Å². The molecule has 0 saturated carbocycles. The number of hydrogen-bond acceptors (Lipinski definition) is 2. The Morgan fingerprint density at radius 3 is 2.56 bits per heavy atom. The Hall–Kier alpha value is -2.89. The van der Waals surface area contributed by atoms with Gasteiger partial charge in [0.2, 0.25) is 0 Å². The van der Waals surface area contributed by atoms with Crippen molar-refractivity contribution in [2.75, 3.05) is 0 Å². The SMILES string of the molecule is FC(F)(F)c1ccc2ccc3c(c2c1)CCC1=C3C=CCC1.c1nc[nH]n1. The summed E-state index contributed by atoms with van der Waals surface area (Å²) in [4.78, 5) is 3.56. The Labute approximate surface area is 154 Å². The Bertz CT molecular complexity index is 998. The molecule has 2 aliphatic carbocycles. The molecule has 3 aromatic rings. The lowest BCUT2D eigenvalue weighted by Gasteiger charge is -2.25. The maximum absolute atomic E-state index is 13.0. The summed E-state index contributed by atoms with van der Waals surface area (Å²) in [5.74, 6) is 0. The average molecular weight is 369 g/mol. The van der Waals surface area contributed by atoms with Crippen LogP contribution in [0.4, 0.5) is 13.2 Å². The molecule has 27 heavy (non-hydrogen) atoms. The van der Waals surface area contributed by atoms with E-state index in [1.54, 1.807) is 6.07 Å². The molecular formula is C21H18F3N3. The lowest BCUT2D eigenvalue weighted by Crippen LogP contribution is -2.08. The van der Waals surface area contributed by atoms with Crippen LogP contribution in [-0.4, -0.2) is 15.2 Å². The number of benzene rings is 2. The summed E-state index contributed by atoms with van der Waals surface area (Å²) in [7, 11) is 0. The van der Waals surface area contributed by atoms with Crippen LogP contribution in [0.1, 0.15) is 36.0 Å². The van der Waals surface area contributed by atoms with Crippen LogP contribution < -0.4 is 0 Å². The lowest BCUT2D eigenvalue weighted by molar-refractivity contribution is -0.137. The van der Waals surface area contributed by atoms with E-state index in [0.29, 0.717) is 0 Å². The van der Waals surface area contributed by atoms with Gasteiger partial charge in [-0.05, 0) is 65.3 Å². The number of rotatable bonds is 0. The second kappa shape index (κ2) is 7.02. The zero-order valence-corrected chi connectivity index (χ0v) is 14.6.